The van der Waals surface area contributed by atoms with Crippen molar-refractivity contribution < 1.29 is 23.4 Å². The Morgan fingerprint density at radius 3 is 2.50 bits per heavy atom. The average molecular weight is 358 g/mol. The minimum atomic E-state index is -0.288. The number of amides is 1. The van der Waals surface area contributed by atoms with Crippen LogP contribution in [0.25, 0.3) is 11.6 Å². The first-order valence-corrected chi connectivity index (χ1v) is 7.69. The lowest BCUT2D eigenvalue weighted by Gasteiger charge is -2.13. The number of furan rings is 1. The van der Waals surface area contributed by atoms with Crippen molar-refractivity contribution in [1.82, 2.24) is 15.2 Å². The average Bonchev–Trinajstić information content (AvgIpc) is 3.32. The molecule has 0 radical (unpaired) electrons. The molecule has 3 aromatic rings. The van der Waals surface area contributed by atoms with Gasteiger partial charge in [0.15, 0.2) is 23.1 Å². The van der Waals surface area contributed by atoms with E-state index in [9.17, 15) is 4.79 Å². The highest BCUT2D eigenvalue weighted by Crippen LogP contribution is 2.38. The summed E-state index contributed by atoms with van der Waals surface area (Å²) in [6.45, 7) is 0. The monoisotopic (exact) mass is 358 g/mol. The number of anilines is 1. The summed E-state index contributed by atoms with van der Waals surface area (Å²) in [5, 5.41) is 9.28. The van der Waals surface area contributed by atoms with Crippen LogP contribution in [-0.4, -0.2) is 42.4 Å². The smallest absolute Gasteiger partial charge is 0.249 e. The standard InChI is InChI=1S/C17H18N4O5/c1-23-12-7-10(8-13(24-2)15(12)25-3)9-14(22)18-17-19-16(20-21-17)11-5-4-6-26-11/h4-8H,9H2,1-3H3,(H2,18,19,20,21,22). The van der Waals surface area contributed by atoms with Crippen LogP contribution < -0.4 is 19.5 Å². The van der Waals surface area contributed by atoms with E-state index in [0.717, 1.165) is 0 Å². The summed E-state index contributed by atoms with van der Waals surface area (Å²) in [7, 11) is 4.56. The van der Waals surface area contributed by atoms with Crippen LogP contribution in [0.5, 0.6) is 17.2 Å². The molecule has 0 saturated heterocycles. The van der Waals surface area contributed by atoms with Crippen molar-refractivity contribution in [2.75, 3.05) is 26.6 Å². The number of benzene rings is 1. The maximum atomic E-state index is 12.3. The van der Waals surface area contributed by atoms with Gasteiger partial charge >= 0.3 is 0 Å². The van der Waals surface area contributed by atoms with E-state index >= 15 is 0 Å². The number of carbonyl (C=O) groups is 1. The number of carbonyl (C=O) groups excluding carboxylic acids is 1. The van der Waals surface area contributed by atoms with E-state index in [2.05, 4.69) is 20.5 Å². The second kappa shape index (κ2) is 7.60. The van der Waals surface area contributed by atoms with Gasteiger partial charge in [0, 0.05) is 0 Å². The fourth-order valence-electron chi connectivity index (χ4n) is 2.43. The topological polar surface area (TPSA) is 112 Å². The molecule has 0 aliphatic carbocycles. The SMILES string of the molecule is COc1cc(CC(=O)Nc2n[nH]c(-c3ccco3)n2)cc(OC)c1OC. The fraction of sp³-hybridized carbons (Fsp3) is 0.235. The minimum Gasteiger partial charge on any atom is -0.493 e. The van der Waals surface area contributed by atoms with Crippen LogP contribution in [0.1, 0.15) is 5.56 Å². The Labute approximate surface area is 149 Å². The molecule has 9 nitrogen and oxygen atoms in total. The molecule has 0 spiro atoms. The maximum Gasteiger partial charge on any atom is 0.249 e. The largest absolute Gasteiger partial charge is 0.493 e. The molecule has 136 valence electrons. The second-order valence-corrected chi connectivity index (χ2v) is 5.24. The number of nitrogens with zero attached hydrogens (tertiary/aromatic N) is 2. The highest BCUT2D eigenvalue weighted by molar-refractivity contribution is 5.91. The van der Waals surface area contributed by atoms with Gasteiger partial charge in [-0.05, 0) is 29.8 Å². The lowest BCUT2D eigenvalue weighted by molar-refractivity contribution is -0.115. The van der Waals surface area contributed by atoms with Crippen LogP contribution in [0, 0.1) is 0 Å². The predicted molar refractivity (Wildman–Crippen MR) is 92.5 cm³/mol. The number of ether oxygens (including phenoxy) is 3. The minimum absolute atomic E-state index is 0.0847. The van der Waals surface area contributed by atoms with E-state index in [1.807, 2.05) is 0 Å². The van der Waals surface area contributed by atoms with Crippen LogP contribution in [0.15, 0.2) is 34.9 Å². The first-order valence-electron chi connectivity index (χ1n) is 7.69. The Bertz CT molecular complexity index is 863. The quantitative estimate of drug-likeness (QED) is 0.666. The molecule has 0 atom stereocenters. The Morgan fingerprint density at radius 1 is 1.19 bits per heavy atom. The molecule has 26 heavy (non-hydrogen) atoms. The number of aromatic nitrogens is 3. The molecule has 0 bridgehead atoms. The van der Waals surface area contributed by atoms with Gasteiger partial charge in [-0.3, -0.25) is 15.2 Å². The van der Waals surface area contributed by atoms with Gasteiger partial charge in [0.2, 0.25) is 17.6 Å². The summed E-state index contributed by atoms with van der Waals surface area (Å²) in [4.78, 5) is 16.5. The van der Waals surface area contributed by atoms with E-state index < -0.39 is 0 Å². The highest BCUT2D eigenvalue weighted by Gasteiger charge is 2.16. The van der Waals surface area contributed by atoms with Crippen molar-refractivity contribution in [2.45, 2.75) is 6.42 Å². The van der Waals surface area contributed by atoms with Gasteiger partial charge < -0.3 is 18.6 Å². The summed E-state index contributed by atoms with van der Waals surface area (Å²) >= 11 is 0. The summed E-state index contributed by atoms with van der Waals surface area (Å²) in [5.74, 6) is 2.26. The van der Waals surface area contributed by atoms with E-state index in [-0.39, 0.29) is 18.3 Å². The molecule has 1 amide bonds. The predicted octanol–water partition coefficient (Wildman–Crippen LogP) is 2.27. The van der Waals surface area contributed by atoms with Crippen molar-refractivity contribution in [1.29, 1.82) is 0 Å². The van der Waals surface area contributed by atoms with Gasteiger partial charge in [0.1, 0.15) is 0 Å². The zero-order chi connectivity index (χ0) is 18.5. The van der Waals surface area contributed by atoms with Crippen LogP contribution in [0.2, 0.25) is 0 Å². The Morgan fingerprint density at radius 2 is 1.92 bits per heavy atom. The molecule has 3 rings (SSSR count). The van der Waals surface area contributed by atoms with Gasteiger partial charge in [0.05, 0.1) is 34.0 Å². The number of rotatable bonds is 7. The lowest BCUT2D eigenvalue weighted by atomic mass is 10.1. The third-order valence-corrected chi connectivity index (χ3v) is 3.58. The van der Waals surface area contributed by atoms with Gasteiger partial charge in [-0.15, -0.1) is 5.10 Å². The molecular weight excluding hydrogens is 340 g/mol. The van der Waals surface area contributed by atoms with Crippen molar-refractivity contribution >= 4 is 11.9 Å². The summed E-state index contributed by atoms with van der Waals surface area (Å²) in [5.41, 5.74) is 0.693. The third kappa shape index (κ3) is 3.61. The van der Waals surface area contributed by atoms with Crippen molar-refractivity contribution in [3.05, 3.63) is 36.1 Å². The van der Waals surface area contributed by atoms with Gasteiger partial charge in [-0.1, -0.05) is 0 Å². The van der Waals surface area contributed by atoms with Gasteiger partial charge in [0.25, 0.3) is 0 Å². The molecule has 0 saturated carbocycles. The van der Waals surface area contributed by atoms with Gasteiger partial charge in [-0.2, -0.15) is 4.98 Å². The molecule has 0 aliphatic rings. The first-order chi connectivity index (χ1) is 12.6. The van der Waals surface area contributed by atoms with Crippen LogP contribution in [-0.2, 0) is 11.2 Å². The molecule has 2 aromatic heterocycles. The Balaban J connectivity index is 1.72. The van der Waals surface area contributed by atoms with E-state index in [1.54, 1.807) is 24.3 Å². The number of H-pyrrole nitrogens is 1. The second-order valence-electron chi connectivity index (χ2n) is 5.24. The molecular formula is C17H18N4O5. The van der Waals surface area contributed by atoms with E-state index in [0.29, 0.717) is 34.4 Å². The summed E-state index contributed by atoms with van der Waals surface area (Å²) in [6.07, 6.45) is 1.61. The molecule has 2 N–H and O–H groups in total. The first kappa shape index (κ1) is 17.3. The zero-order valence-electron chi connectivity index (χ0n) is 14.5. The van der Waals surface area contributed by atoms with E-state index in [1.165, 1.54) is 27.6 Å². The van der Waals surface area contributed by atoms with Crippen LogP contribution >= 0.6 is 0 Å². The molecule has 9 heteroatoms. The van der Waals surface area contributed by atoms with E-state index in [4.69, 9.17) is 18.6 Å². The number of methoxy groups -OCH3 is 3. The van der Waals surface area contributed by atoms with Crippen molar-refractivity contribution in [3.8, 4) is 28.8 Å². The van der Waals surface area contributed by atoms with Crippen LogP contribution in [0.3, 0.4) is 0 Å². The number of aromatic amines is 1. The molecule has 0 fully saturated rings. The fourth-order valence-corrected chi connectivity index (χ4v) is 2.43. The lowest BCUT2D eigenvalue weighted by Crippen LogP contribution is -2.15. The molecule has 0 aliphatic heterocycles. The zero-order valence-corrected chi connectivity index (χ0v) is 14.5. The number of nitrogens with one attached hydrogen (secondary N) is 2. The molecule has 0 unspecified atom stereocenters. The van der Waals surface area contributed by atoms with Crippen molar-refractivity contribution in [3.63, 3.8) is 0 Å². The Hall–Kier alpha value is -3.49. The maximum absolute atomic E-state index is 12.3. The van der Waals surface area contributed by atoms with Crippen LogP contribution in [0.4, 0.5) is 5.95 Å². The normalized spacial score (nSPS) is 10.4. The van der Waals surface area contributed by atoms with Crippen molar-refractivity contribution in [2.24, 2.45) is 0 Å². The summed E-state index contributed by atoms with van der Waals surface area (Å²) in [6, 6.07) is 6.91. The number of hydrogen-bond donors (Lipinski definition) is 2. The Kier molecular flexibility index (Phi) is 5.07. The van der Waals surface area contributed by atoms with Gasteiger partial charge in [-0.25, -0.2) is 0 Å². The number of hydrogen-bond acceptors (Lipinski definition) is 7. The molecule has 1 aromatic carbocycles. The third-order valence-electron chi connectivity index (χ3n) is 3.58. The highest BCUT2D eigenvalue weighted by atomic mass is 16.5. The summed E-state index contributed by atoms with van der Waals surface area (Å²) < 4.78 is 21.1. The molecule has 2 heterocycles.